The van der Waals surface area contributed by atoms with Crippen LogP contribution in [-0.4, -0.2) is 36.4 Å². The first kappa shape index (κ1) is 23.7. The minimum absolute atomic E-state index is 0.0942. The summed E-state index contributed by atoms with van der Waals surface area (Å²) in [4.78, 5) is 19.9. The summed E-state index contributed by atoms with van der Waals surface area (Å²) in [6, 6.07) is 2.46. The highest BCUT2D eigenvalue weighted by Crippen LogP contribution is 2.35. The van der Waals surface area contributed by atoms with Crippen LogP contribution in [0.15, 0.2) is 53.2 Å². The van der Waals surface area contributed by atoms with Crippen LogP contribution in [0, 0.1) is 11.6 Å². The van der Waals surface area contributed by atoms with Gasteiger partial charge in [-0.15, -0.1) is 0 Å². The first-order chi connectivity index (χ1) is 16.8. The van der Waals surface area contributed by atoms with Crippen LogP contribution >= 0.6 is 0 Å². The Balaban J connectivity index is 1.80. The van der Waals surface area contributed by atoms with E-state index in [1.165, 1.54) is 31.0 Å². The van der Waals surface area contributed by atoms with E-state index >= 15 is 0 Å². The number of benzene rings is 1. The molecule has 0 aliphatic carbocycles. The van der Waals surface area contributed by atoms with Crippen LogP contribution < -0.4 is 11.6 Å². The van der Waals surface area contributed by atoms with Crippen molar-refractivity contribution in [1.29, 1.82) is 0 Å². The smallest absolute Gasteiger partial charge is 0.297 e. The Kier molecular flexibility index (Phi) is 6.66. The Hall–Kier alpha value is -4.42. The highest BCUT2D eigenvalue weighted by molar-refractivity contribution is 6.32. The molecule has 35 heavy (non-hydrogen) atoms. The lowest BCUT2D eigenvalue weighted by Crippen LogP contribution is -2.21. The van der Waals surface area contributed by atoms with Crippen molar-refractivity contribution in [3.63, 3.8) is 0 Å². The van der Waals surface area contributed by atoms with Crippen LogP contribution in [0.4, 0.5) is 29.1 Å². The zero-order valence-corrected chi connectivity index (χ0v) is 18.3. The first-order valence-corrected chi connectivity index (χ1v) is 10.3. The number of alkyl halides is 2. The number of aliphatic imine (C=N–C) groups is 1. The maximum absolute atomic E-state index is 14.0. The maximum atomic E-state index is 14.0. The molecule has 9 nitrogen and oxygen atoms in total. The lowest BCUT2D eigenvalue weighted by molar-refractivity contribution is 0.140. The summed E-state index contributed by atoms with van der Waals surface area (Å²) in [7, 11) is 0. The predicted molar refractivity (Wildman–Crippen MR) is 123 cm³/mol. The van der Waals surface area contributed by atoms with Crippen LogP contribution in [0.1, 0.15) is 31.6 Å². The molecule has 13 heteroatoms. The van der Waals surface area contributed by atoms with E-state index in [1.807, 2.05) is 6.92 Å². The monoisotopic (exact) mass is 485 g/mol. The van der Waals surface area contributed by atoms with E-state index in [2.05, 4.69) is 30.0 Å². The highest BCUT2D eigenvalue weighted by atomic mass is 19.3. The third-order valence-corrected chi connectivity index (χ3v) is 5.28. The molecule has 0 aliphatic heterocycles. The van der Waals surface area contributed by atoms with Gasteiger partial charge in [0.1, 0.15) is 29.3 Å². The van der Waals surface area contributed by atoms with E-state index in [0.717, 1.165) is 12.1 Å². The van der Waals surface area contributed by atoms with Gasteiger partial charge < -0.3 is 16.1 Å². The number of rotatable bonds is 7. The number of hydrazone groups is 1. The fourth-order valence-electron chi connectivity index (χ4n) is 3.63. The van der Waals surface area contributed by atoms with E-state index in [4.69, 9.17) is 11.6 Å². The fraction of sp³-hybridized carbons (Fsp3) is 0.182. The zero-order valence-electron chi connectivity index (χ0n) is 18.3. The number of fused-ring (bicyclic) bond motifs is 1. The molecule has 1 aromatic carbocycles. The van der Waals surface area contributed by atoms with E-state index in [0.29, 0.717) is 28.6 Å². The molecule has 0 saturated heterocycles. The quantitative estimate of drug-likeness (QED) is 0.173. The van der Waals surface area contributed by atoms with Gasteiger partial charge >= 0.3 is 0 Å². The molecule has 4 N–H and O–H groups in total. The van der Waals surface area contributed by atoms with E-state index < -0.39 is 29.9 Å². The molecule has 4 rings (SSSR count). The summed E-state index contributed by atoms with van der Waals surface area (Å²) in [5.74, 6) is 3.62. The summed E-state index contributed by atoms with van der Waals surface area (Å²) in [6.07, 6.45) is 4.42. The van der Waals surface area contributed by atoms with Gasteiger partial charge in [0.05, 0.1) is 23.3 Å². The third-order valence-electron chi connectivity index (χ3n) is 5.28. The number of aromatic nitrogens is 5. The lowest BCUT2D eigenvalue weighted by Gasteiger charge is -2.17. The standard InChI is InChI=1S/C22H19F4N9/c1-2-17(16(34-28)8-29-15-4-3-12(23)5-14(15)24)35-9-13(18-20(27)32-10-33-22(18)35)11-6-30-21(19(25)26)31-7-11/h3-10,17,19H,2,28H2,1H3,(H2,27,32,33). The average molecular weight is 485 g/mol. The van der Waals surface area contributed by atoms with Crippen LogP contribution in [0.5, 0.6) is 0 Å². The van der Waals surface area contributed by atoms with Crippen molar-refractivity contribution in [2.75, 3.05) is 5.73 Å². The lowest BCUT2D eigenvalue weighted by atomic mass is 10.1. The summed E-state index contributed by atoms with van der Waals surface area (Å²) in [6.45, 7) is 1.86. The van der Waals surface area contributed by atoms with Crippen molar-refractivity contribution < 1.29 is 17.6 Å². The maximum Gasteiger partial charge on any atom is 0.297 e. The highest BCUT2D eigenvalue weighted by Gasteiger charge is 2.23. The molecule has 180 valence electrons. The van der Waals surface area contributed by atoms with Gasteiger partial charge in [0.25, 0.3) is 6.43 Å². The molecule has 0 aliphatic rings. The number of nitrogens with zero attached hydrogens (tertiary/aromatic N) is 7. The summed E-state index contributed by atoms with van der Waals surface area (Å²) in [5.41, 5.74) is 7.64. The van der Waals surface area contributed by atoms with E-state index in [-0.39, 0.29) is 17.2 Å². The van der Waals surface area contributed by atoms with Gasteiger partial charge in [0.2, 0.25) is 0 Å². The number of halogens is 4. The van der Waals surface area contributed by atoms with Gasteiger partial charge in [0.15, 0.2) is 11.6 Å². The SMILES string of the molecule is CCC(C(C=Nc1ccc(F)cc1F)=NN)n1cc(-c2cnc(C(F)F)nc2)c2c(N)ncnc21. The van der Waals surface area contributed by atoms with Crippen LogP contribution in [-0.2, 0) is 0 Å². The van der Waals surface area contributed by atoms with Crippen LogP contribution in [0.25, 0.3) is 22.2 Å². The molecule has 0 fully saturated rings. The summed E-state index contributed by atoms with van der Waals surface area (Å²) < 4.78 is 54.7. The Labute approximate surface area is 196 Å². The van der Waals surface area contributed by atoms with Gasteiger partial charge in [0, 0.05) is 35.8 Å². The van der Waals surface area contributed by atoms with Crippen LogP contribution in [0.2, 0.25) is 0 Å². The van der Waals surface area contributed by atoms with Crippen molar-refractivity contribution in [1.82, 2.24) is 24.5 Å². The van der Waals surface area contributed by atoms with Gasteiger partial charge in [-0.25, -0.2) is 37.5 Å². The Morgan fingerprint density at radius 1 is 1.14 bits per heavy atom. The number of hydrogen-bond donors (Lipinski definition) is 2. The second kappa shape index (κ2) is 9.83. The normalized spacial score (nSPS) is 13.3. The summed E-state index contributed by atoms with van der Waals surface area (Å²) >= 11 is 0. The molecule has 3 aromatic heterocycles. The molecule has 0 bridgehead atoms. The van der Waals surface area contributed by atoms with Crippen molar-refractivity contribution in [3.05, 3.63) is 60.6 Å². The second-order valence-electron chi connectivity index (χ2n) is 7.37. The van der Waals surface area contributed by atoms with E-state index in [1.54, 1.807) is 10.8 Å². The molecule has 0 amide bonds. The van der Waals surface area contributed by atoms with Gasteiger partial charge in [-0.05, 0) is 18.6 Å². The molecule has 1 atom stereocenters. The van der Waals surface area contributed by atoms with E-state index in [9.17, 15) is 17.6 Å². The Morgan fingerprint density at radius 2 is 1.89 bits per heavy atom. The van der Waals surface area contributed by atoms with Gasteiger partial charge in [-0.1, -0.05) is 6.92 Å². The molecule has 0 saturated carbocycles. The number of anilines is 1. The Bertz CT molecular complexity index is 1410. The molecule has 1 unspecified atom stereocenters. The van der Waals surface area contributed by atoms with Crippen molar-refractivity contribution in [2.24, 2.45) is 15.9 Å². The topological polar surface area (TPSA) is 133 Å². The first-order valence-electron chi connectivity index (χ1n) is 10.3. The Morgan fingerprint density at radius 3 is 2.51 bits per heavy atom. The average Bonchev–Trinajstić information content (AvgIpc) is 3.23. The summed E-state index contributed by atoms with van der Waals surface area (Å²) in [5, 5.41) is 4.26. The molecule has 0 spiro atoms. The van der Waals surface area contributed by atoms with Crippen molar-refractivity contribution in [2.45, 2.75) is 25.8 Å². The van der Waals surface area contributed by atoms with Gasteiger partial charge in [-0.3, -0.25) is 4.99 Å². The second-order valence-corrected chi connectivity index (χ2v) is 7.37. The van der Waals surface area contributed by atoms with Gasteiger partial charge in [-0.2, -0.15) is 5.10 Å². The molecular formula is C22H19F4N9. The number of nitrogens with two attached hydrogens (primary N) is 2. The van der Waals surface area contributed by atoms with Crippen molar-refractivity contribution >= 4 is 34.5 Å². The molecule has 4 aromatic rings. The minimum atomic E-state index is -2.81. The van der Waals surface area contributed by atoms with Crippen LogP contribution in [0.3, 0.4) is 0 Å². The minimum Gasteiger partial charge on any atom is -0.383 e. The predicted octanol–water partition coefficient (Wildman–Crippen LogP) is 4.35. The fourth-order valence-corrected chi connectivity index (χ4v) is 3.63. The number of nitrogen functional groups attached to an aromatic ring is 1. The third kappa shape index (κ3) is 4.65. The largest absolute Gasteiger partial charge is 0.383 e. The van der Waals surface area contributed by atoms with Crippen molar-refractivity contribution in [3.8, 4) is 11.1 Å². The molecule has 3 heterocycles. The zero-order chi connectivity index (χ0) is 25.1. The molecular weight excluding hydrogens is 466 g/mol. The number of hydrogen-bond acceptors (Lipinski definition) is 8. The molecule has 0 radical (unpaired) electrons.